The topological polar surface area (TPSA) is 26.3 Å². The molecule has 1 atom stereocenters. The Morgan fingerprint density at radius 3 is 2.71 bits per heavy atom. The molecule has 0 fully saturated rings. The molecule has 0 aromatic heterocycles. The van der Waals surface area contributed by atoms with E-state index in [1.54, 1.807) is 0 Å². The molecular formula is C22H16O2. The van der Waals surface area contributed by atoms with E-state index in [2.05, 4.69) is 24.3 Å². The van der Waals surface area contributed by atoms with Crippen LogP contribution in [0.1, 0.15) is 27.9 Å². The summed E-state index contributed by atoms with van der Waals surface area (Å²) in [5, 5.41) is 2.22. The van der Waals surface area contributed by atoms with Crippen molar-refractivity contribution in [3.63, 3.8) is 0 Å². The molecule has 0 saturated carbocycles. The highest BCUT2D eigenvalue weighted by Crippen LogP contribution is 2.42. The van der Waals surface area contributed by atoms with Crippen molar-refractivity contribution >= 4 is 22.6 Å². The standard InChI is InChI=1S/C22H16O2/c23-21-19-8-4-2-6-16(19)11-13-22(21)14-12-17-10-9-15-5-1-3-7-18(15)20(17)24-22/h1-11,13H,12,14H2. The molecule has 0 saturated heterocycles. The Kier molecular flexibility index (Phi) is 2.72. The molecule has 0 radical (unpaired) electrons. The molecule has 0 bridgehead atoms. The van der Waals surface area contributed by atoms with Crippen LogP contribution in [-0.2, 0) is 6.42 Å². The number of carbonyl (C=O) groups excluding carboxylic acids is 1. The smallest absolute Gasteiger partial charge is 0.211 e. The normalized spacial score (nSPS) is 21.4. The van der Waals surface area contributed by atoms with Gasteiger partial charge in [-0.15, -0.1) is 0 Å². The molecule has 1 heterocycles. The van der Waals surface area contributed by atoms with E-state index in [9.17, 15) is 4.79 Å². The van der Waals surface area contributed by atoms with Crippen LogP contribution in [0.4, 0.5) is 0 Å². The average molecular weight is 312 g/mol. The van der Waals surface area contributed by atoms with E-state index in [1.807, 2.05) is 48.6 Å². The molecule has 24 heavy (non-hydrogen) atoms. The zero-order valence-corrected chi connectivity index (χ0v) is 13.2. The van der Waals surface area contributed by atoms with Crippen molar-refractivity contribution in [1.29, 1.82) is 0 Å². The molecule has 2 nitrogen and oxygen atoms in total. The Hall–Kier alpha value is -2.87. The SMILES string of the molecule is O=C1c2ccccc2C=CC12CCc1ccc3ccccc3c1O2. The Balaban J connectivity index is 1.67. The van der Waals surface area contributed by atoms with Crippen LogP contribution in [-0.4, -0.2) is 11.4 Å². The summed E-state index contributed by atoms with van der Waals surface area (Å²) in [4.78, 5) is 13.2. The van der Waals surface area contributed by atoms with Gasteiger partial charge in [0.05, 0.1) is 0 Å². The summed E-state index contributed by atoms with van der Waals surface area (Å²) < 4.78 is 6.41. The monoisotopic (exact) mass is 312 g/mol. The third-order valence-electron chi connectivity index (χ3n) is 5.13. The first-order valence-electron chi connectivity index (χ1n) is 8.30. The van der Waals surface area contributed by atoms with E-state index in [0.29, 0.717) is 6.42 Å². The zero-order chi connectivity index (χ0) is 16.1. The van der Waals surface area contributed by atoms with Crippen LogP contribution in [0.25, 0.3) is 16.8 Å². The summed E-state index contributed by atoms with van der Waals surface area (Å²) in [6, 6.07) is 20.2. The van der Waals surface area contributed by atoms with Crippen LogP contribution >= 0.6 is 0 Å². The van der Waals surface area contributed by atoms with Gasteiger partial charge in [-0.05, 0) is 29.0 Å². The summed E-state index contributed by atoms with van der Waals surface area (Å²) >= 11 is 0. The molecule has 2 heteroatoms. The highest BCUT2D eigenvalue weighted by molar-refractivity contribution is 6.09. The first kappa shape index (κ1) is 13.6. The van der Waals surface area contributed by atoms with E-state index in [4.69, 9.17) is 4.74 Å². The van der Waals surface area contributed by atoms with Crippen LogP contribution in [0.15, 0.2) is 66.7 Å². The average Bonchev–Trinajstić information content (AvgIpc) is 2.65. The third kappa shape index (κ3) is 1.80. The number of carbonyl (C=O) groups is 1. The predicted octanol–water partition coefficient (Wildman–Crippen LogP) is 4.81. The van der Waals surface area contributed by atoms with E-state index in [-0.39, 0.29) is 5.78 Å². The molecule has 1 aliphatic carbocycles. The number of rotatable bonds is 0. The maximum atomic E-state index is 13.2. The van der Waals surface area contributed by atoms with Crippen molar-refractivity contribution < 1.29 is 9.53 Å². The number of fused-ring (bicyclic) bond motifs is 4. The first-order chi connectivity index (χ1) is 11.8. The highest BCUT2D eigenvalue weighted by Gasteiger charge is 2.44. The second-order valence-electron chi connectivity index (χ2n) is 6.52. The maximum absolute atomic E-state index is 13.2. The van der Waals surface area contributed by atoms with Crippen molar-refractivity contribution in [2.75, 3.05) is 0 Å². The lowest BCUT2D eigenvalue weighted by molar-refractivity contribution is 0.0551. The van der Waals surface area contributed by atoms with Gasteiger partial charge in [-0.2, -0.15) is 0 Å². The number of ether oxygens (including phenoxy) is 1. The maximum Gasteiger partial charge on any atom is 0.211 e. The molecule has 1 spiro atoms. The van der Waals surface area contributed by atoms with Crippen molar-refractivity contribution in [2.24, 2.45) is 0 Å². The number of benzene rings is 3. The predicted molar refractivity (Wildman–Crippen MR) is 95.4 cm³/mol. The molecule has 2 aliphatic rings. The Labute approximate surface area is 140 Å². The van der Waals surface area contributed by atoms with E-state index in [0.717, 1.165) is 34.1 Å². The van der Waals surface area contributed by atoms with E-state index >= 15 is 0 Å². The number of hydrogen-bond acceptors (Lipinski definition) is 2. The number of ketones is 1. The van der Waals surface area contributed by atoms with Crippen molar-refractivity contribution in [3.8, 4) is 5.75 Å². The lowest BCUT2D eigenvalue weighted by atomic mass is 9.79. The molecular weight excluding hydrogens is 296 g/mol. The molecule has 1 unspecified atom stereocenters. The quantitative estimate of drug-likeness (QED) is 0.595. The second-order valence-corrected chi connectivity index (χ2v) is 6.52. The Bertz CT molecular complexity index is 1020. The fourth-order valence-electron chi connectivity index (χ4n) is 3.81. The third-order valence-corrected chi connectivity index (χ3v) is 5.13. The molecule has 5 rings (SSSR count). The van der Waals surface area contributed by atoms with E-state index in [1.165, 1.54) is 5.56 Å². The van der Waals surface area contributed by atoms with Gasteiger partial charge in [-0.3, -0.25) is 4.79 Å². The van der Waals surface area contributed by atoms with Crippen molar-refractivity contribution in [2.45, 2.75) is 18.4 Å². The van der Waals surface area contributed by atoms with Gasteiger partial charge in [0.25, 0.3) is 0 Å². The summed E-state index contributed by atoms with van der Waals surface area (Å²) in [6.45, 7) is 0. The number of hydrogen-bond donors (Lipinski definition) is 0. The van der Waals surface area contributed by atoms with Gasteiger partial charge in [-0.25, -0.2) is 0 Å². The summed E-state index contributed by atoms with van der Waals surface area (Å²) in [5.74, 6) is 0.927. The highest BCUT2D eigenvalue weighted by atomic mass is 16.5. The number of Topliss-reactive ketones (excluding diaryl/α,β-unsaturated/α-hetero) is 1. The van der Waals surface area contributed by atoms with Crippen LogP contribution in [0.3, 0.4) is 0 Å². The summed E-state index contributed by atoms with van der Waals surface area (Å²) in [5.41, 5.74) is 2.04. The van der Waals surface area contributed by atoms with Gasteiger partial charge in [0.15, 0.2) is 5.60 Å². The molecule has 0 N–H and O–H groups in total. The minimum absolute atomic E-state index is 0.0687. The largest absolute Gasteiger partial charge is 0.474 e. The Morgan fingerprint density at radius 2 is 1.75 bits per heavy atom. The van der Waals surface area contributed by atoms with Gasteiger partial charge >= 0.3 is 0 Å². The van der Waals surface area contributed by atoms with Gasteiger partial charge in [0.2, 0.25) is 5.78 Å². The minimum atomic E-state index is -0.870. The minimum Gasteiger partial charge on any atom is -0.474 e. The molecule has 116 valence electrons. The second kappa shape index (κ2) is 4.81. The van der Waals surface area contributed by atoms with Crippen molar-refractivity contribution in [1.82, 2.24) is 0 Å². The number of aryl methyl sites for hydroxylation is 1. The fourth-order valence-corrected chi connectivity index (χ4v) is 3.81. The molecule has 1 aliphatic heterocycles. The van der Waals surface area contributed by atoms with Gasteiger partial charge < -0.3 is 4.74 Å². The Morgan fingerprint density at radius 1 is 0.917 bits per heavy atom. The fraction of sp³-hybridized carbons (Fsp3) is 0.136. The van der Waals surface area contributed by atoms with Crippen LogP contribution in [0.5, 0.6) is 5.75 Å². The lowest BCUT2D eigenvalue weighted by Crippen LogP contribution is -2.47. The summed E-state index contributed by atoms with van der Waals surface area (Å²) in [7, 11) is 0. The van der Waals surface area contributed by atoms with Crippen LogP contribution < -0.4 is 4.74 Å². The van der Waals surface area contributed by atoms with Crippen LogP contribution in [0.2, 0.25) is 0 Å². The summed E-state index contributed by atoms with van der Waals surface area (Å²) in [6.07, 6.45) is 5.50. The van der Waals surface area contributed by atoms with Gasteiger partial charge in [-0.1, -0.05) is 66.7 Å². The lowest BCUT2D eigenvalue weighted by Gasteiger charge is -2.37. The van der Waals surface area contributed by atoms with Crippen molar-refractivity contribution in [3.05, 3.63) is 83.4 Å². The van der Waals surface area contributed by atoms with Crippen LogP contribution in [0, 0.1) is 0 Å². The van der Waals surface area contributed by atoms with Gasteiger partial charge in [0, 0.05) is 17.4 Å². The molecule has 0 amide bonds. The first-order valence-corrected chi connectivity index (χ1v) is 8.30. The molecule has 3 aromatic carbocycles. The zero-order valence-electron chi connectivity index (χ0n) is 13.2. The molecule has 3 aromatic rings. The van der Waals surface area contributed by atoms with E-state index < -0.39 is 5.60 Å². The van der Waals surface area contributed by atoms with Gasteiger partial charge in [0.1, 0.15) is 5.75 Å².